The maximum Gasteiger partial charge on any atom is 0.345 e. The number of carboxylic acid groups (broad SMARTS) is 1. The molecule has 0 radical (unpaired) electrons. The van der Waals surface area contributed by atoms with Crippen LogP contribution in [0, 0.1) is 18.8 Å². The molecule has 3 rings (SSSR count). The molecule has 28 heavy (non-hydrogen) atoms. The van der Waals surface area contributed by atoms with Crippen molar-refractivity contribution in [1.29, 1.82) is 0 Å². The number of aromatic carboxylic acids is 1. The van der Waals surface area contributed by atoms with Crippen molar-refractivity contribution >= 4 is 23.1 Å². The molecule has 5 nitrogen and oxygen atoms in total. The van der Waals surface area contributed by atoms with E-state index in [2.05, 4.69) is 0 Å². The van der Waals surface area contributed by atoms with E-state index < -0.39 is 5.97 Å². The Kier molecular flexibility index (Phi) is 6.86. The molecule has 2 aromatic rings. The fourth-order valence-corrected chi connectivity index (χ4v) is 4.79. The lowest BCUT2D eigenvalue weighted by Crippen LogP contribution is -2.23. The summed E-state index contributed by atoms with van der Waals surface area (Å²) in [7, 11) is 0. The van der Waals surface area contributed by atoms with Crippen LogP contribution in [0.3, 0.4) is 0 Å². The number of Topliss-reactive ketones (excluding diaryl/α,β-unsaturated/α-hetero) is 1. The van der Waals surface area contributed by atoms with Crippen molar-refractivity contribution in [2.75, 3.05) is 6.61 Å². The molecule has 1 saturated carbocycles. The maximum atomic E-state index is 12.3. The minimum atomic E-state index is -0.879. The molecule has 1 heterocycles. The van der Waals surface area contributed by atoms with Gasteiger partial charge in [-0.25, -0.2) is 4.79 Å². The Labute approximate surface area is 169 Å². The average molecular weight is 403 g/mol. The number of thiophene rings is 1. The van der Waals surface area contributed by atoms with Crippen molar-refractivity contribution in [1.82, 2.24) is 0 Å². The third kappa shape index (κ3) is 5.20. The molecule has 2 atom stereocenters. The zero-order valence-electron chi connectivity index (χ0n) is 16.0. The van der Waals surface area contributed by atoms with E-state index in [-0.39, 0.29) is 18.3 Å². The summed E-state index contributed by atoms with van der Waals surface area (Å²) in [5.41, 5.74) is 1.83. The van der Waals surface area contributed by atoms with Crippen molar-refractivity contribution in [3.8, 4) is 5.75 Å². The Morgan fingerprint density at radius 3 is 2.82 bits per heavy atom. The van der Waals surface area contributed by atoms with Crippen LogP contribution in [0.2, 0.25) is 0 Å². The molecule has 0 unspecified atom stereocenters. The van der Waals surface area contributed by atoms with E-state index in [1.165, 1.54) is 11.3 Å². The zero-order valence-corrected chi connectivity index (χ0v) is 16.8. The summed E-state index contributed by atoms with van der Waals surface area (Å²) in [6.45, 7) is 2.30. The van der Waals surface area contributed by atoms with Crippen LogP contribution in [0.4, 0.5) is 0 Å². The van der Waals surface area contributed by atoms with E-state index >= 15 is 0 Å². The Balaban J connectivity index is 1.52. The number of carbonyl (C=O) groups is 2. The van der Waals surface area contributed by atoms with Crippen molar-refractivity contribution in [3.05, 3.63) is 51.2 Å². The van der Waals surface area contributed by atoms with Gasteiger partial charge in [-0.15, -0.1) is 11.3 Å². The summed E-state index contributed by atoms with van der Waals surface area (Å²) in [4.78, 5) is 24.7. The average Bonchev–Trinajstić information content (AvgIpc) is 3.27. The van der Waals surface area contributed by atoms with Gasteiger partial charge >= 0.3 is 5.97 Å². The molecule has 150 valence electrons. The second kappa shape index (κ2) is 9.34. The van der Waals surface area contributed by atoms with E-state index in [1.54, 1.807) is 6.07 Å². The Hall–Kier alpha value is -2.18. The molecule has 1 aliphatic carbocycles. The lowest BCUT2D eigenvalue weighted by molar-refractivity contribution is -0.122. The summed E-state index contributed by atoms with van der Waals surface area (Å²) in [5.74, 6) is 0.312. The predicted molar refractivity (Wildman–Crippen MR) is 108 cm³/mol. The molecule has 1 fully saturated rings. The van der Waals surface area contributed by atoms with Crippen LogP contribution in [0.15, 0.2) is 30.3 Å². The lowest BCUT2D eigenvalue weighted by Gasteiger charge is -2.19. The first-order valence-electron chi connectivity index (χ1n) is 9.65. The van der Waals surface area contributed by atoms with Crippen LogP contribution in [-0.4, -0.2) is 28.6 Å². The highest BCUT2D eigenvalue weighted by atomic mass is 32.1. The molecule has 0 spiro atoms. The van der Waals surface area contributed by atoms with Crippen LogP contribution < -0.4 is 4.74 Å². The summed E-state index contributed by atoms with van der Waals surface area (Å²) >= 11 is 1.33. The van der Waals surface area contributed by atoms with Gasteiger partial charge in [0.05, 0.1) is 19.1 Å². The monoisotopic (exact) mass is 402 g/mol. The summed E-state index contributed by atoms with van der Waals surface area (Å²) in [5, 5.41) is 18.3. The van der Waals surface area contributed by atoms with Crippen LogP contribution in [0.25, 0.3) is 0 Å². The Morgan fingerprint density at radius 2 is 2.11 bits per heavy atom. The largest absolute Gasteiger partial charge is 0.493 e. The number of aryl methyl sites for hydroxylation is 2. The van der Waals surface area contributed by atoms with Crippen molar-refractivity contribution in [2.24, 2.45) is 11.8 Å². The number of ether oxygens (including phenoxy) is 1. The molecule has 0 saturated heterocycles. The molecule has 0 bridgehead atoms. The highest BCUT2D eigenvalue weighted by molar-refractivity contribution is 7.13. The van der Waals surface area contributed by atoms with Crippen LogP contribution >= 0.6 is 11.3 Å². The van der Waals surface area contributed by atoms with Crippen LogP contribution in [0.5, 0.6) is 5.75 Å². The number of aliphatic hydroxyl groups is 1. The fraction of sp³-hybridized carbons (Fsp3) is 0.455. The van der Waals surface area contributed by atoms with Crippen LogP contribution in [0.1, 0.15) is 51.4 Å². The second-order valence-corrected chi connectivity index (χ2v) is 8.63. The number of aliphatic hydroxyl groups excluding tert-OH is 1. The summed E-state index contributed by atoms with van der Waals surface area (Å²) in [6.07, 6.45) is 4.22. The maximum absolute atomic E-state index is 12.3. The molecule has 1 aromatic carbocycles. The smallest absolute Gasteiger partial charge is 0.345 e. The third-order valence-corrected chi connectivity index (χ3v) is 6.47. The minimum absolute atomic E-state index is 0.0324. The molecule has 0 aliphatic heterocycles. The van der Waals surface area contributed by atoms with Gasteiger partial charge in [0.25, 0.3) is 0 Å². The Bertz CT molecular complexity index is 841. The predicted octanol–water partition coefficient (Wildman–Crippen LogP) is 4.24. The van der Waals surface area contributed by atoms with Gasteiger partial charge in [-0.2, -0.15) is 0 Å². The lowest BCUT2D eigenvalue weighted by atomic mass is 9.91. The SMILES string of the molecule is Cc1cc(CO)cc(OC[C@H]2C(=O)CC[C@@H]2CCCc2ccc(C(=O)O)s2)c1. The van der Waals surface area contributed by atoms with E-state index in [0.29, 0.717) is 29.6 Å². The van der Waals surface area contributed by atoms with Gasteiger partial charge in [-0.3, -0.25) is 4.79 Å². The topological polar surface area (TPSA) is 83.8 Å². The van der Waals surface area contributed by atoms with Crippen molar-refractivity contribution in [2.45, 2.75) is 45.6 Å². The number of hydrogen-bond acceptors (Lipinski definition) is 5. The van der Waals surface area contributed by atoms with E-state index in [1.807, 2.05) is 31.2 Å². The molecule has 6 heteroatoms. The van der Waals surface area contributed by atoms with Gasteiger partial charge in [0.1, 0.15) is 16.4 Å². The standard InChI is InChI=1S/C22H26O5S/c1-14-9-15(12-23)11-17(10-14)27-13-19-16(5-7-20(19)24)3-2-4-18-6-8-21(28-18)22(25)26/h6,8-11,16,19,23H,2-5,7,12-13H2,1H3,(H,25,26)/t16-,19+/m0/s1. The fourth-order valence-electron chi connectivity index (χ4n) is 3.90. The van der Waals surface area contributed by atoms with Gasteiger partial charge in [0.15, 0.2) is 0 Å². The molecular weight excluding hydrogens is 376 g/mol. The van der Waals surface area contributed by atoms with E-state index in [4.69, 9.17) is 9.84 Å². The number of ketones is 1. The highest BCUT2D eigenvalue weighted by Crippen LogP contribution is 2.34. The molecule has 0 amide bonds. The third-order valence-electron chi connectivity index (χ3n) is 5.34. The first-order valence-corrected chi connectivity index (χ1v) is 10.5. The Morgan fingerprint density at radius 1 is 1.29 bits per heavy atom. The number of hydrogen-bond donors (Lipinski definition) is 2. The quantitative estimate of drug-likeness (QED) is 0.655. The van der Waals surface area contributed by atoms with E-state index in [9.17, 15) is 14.7 Å². The van der Waals surface area contributed by atoms with Crippen LogP contribution in [-0.2, 0) is 17.8 Å². The van der Waals surface area contributed by atoms with Gasteiger partial charge < -0.3 is 14.9 Å². The van der Waals surface area contributed by atoms with E-state index in [0.717, 1.165) is 41.7 Å². The van der Waals surface area contributed by atoms with Crippen molar-refractivity contribution < 1.29 is 24.5 Å². The summed E-state index contributed by atoms with van der Waals surface area (Å²) < 4.78 is 5.91. The normalized spacial score (nSPS) is 19.1. The highest BCUT2D eigenvalue weighted by Gasteiger charge is 2.34. The number of benzene rings is 1. The zero-order chi connectivity index (χ0) is 20.1. The second-order valence-electron chi connectivity index (χ2n) is 7.46. The summed E-state index contributed by atoms with van der Waals surface area (Å²) in [6, 6.07) is 9.19. The molecule has 1 aliphatic rings. The van der Waals surface area contributed by atoms with Gasteiger partial charge in [0.2, 0.25) is 0 Å². The first-order chi connectivity index (χ1) is 13.5. The number of carbonyl (C=O) groups excluding carboxylic acids is 1. The molecular formula is C22H26O5S. The minimum Gasteiger partial charge on any atom is -0.493 e. The van der Waals surface area contributed by atoms with Gasteiger partial charge in [-0.05, 0) is 73.9 Å². The molecule has 2 N–H and O–H groups in total. The van der Waals surface area contributed by atoms with Gasteiger partial charge in [0, 0.05) is 11.3 Å². The molecule has 1 aromatic heterocycles. The van der Waals surface area contributed by atoms with Gasteiger partial charge in [-0.1, -0.05) is 6.07 Å². The number of carboxylic acids is 1. The first kappa shape index (κ1) is 20.6. The van der Waals surface area contributed by atoms with Crippen molar-refractivity contribution in [3.63, 3.8) is 0 Å². The number of rotatable bonds is 9.